The summed E-state index contributed by atoms with van der Waals surface area (Å²) in [6, 6.07) is 9.62. The van der Waals surface area contributed by atoms with E-state index >= 15 is 0 Å². The van der Waals surface area contributed by atoms with Crippen molar-refractivity contribution in [1.29, 1.82) is 0 Å². The first-order valence-electron chi connectivity index (χ1n) is 5.76. The highest BCUT2D eigenvalue weighted by molar-refractivity contribution is 6.09. The van der Waals surface area contributed by atoms with Gasteiger partial charge >= 0.3 is 0 Å². The van der Waals surface area contributed by atoms with Gasteiger partial charge in [0.25, 0.3) is 0 Å². The van der Waals surface area contributed by atoms with Gasteiger partial charge in [-0.1, -0.05) is 31.2 Å². The Bertz CT molecular complexity index is 529. The molecule has 1 aromatic carbocycles. The van der Waals surface area contributed by atoms with E-state index in [4.69, 9.17) is 0 Å². The fourth-order valence-corrected chi connectivity index (χ4v) is 1.75. The quantitative estimate of drug-likeness (QED) is 0.751. The number of aryl methyl sites for hydroxylation is 2. The van der Waals surface area contributed by atoms with Crippen LogP contribution in [0.1, 0.15) is 34.0 Å². The zero-order valence-electron chi connectivity index (χ0n) is 10.1. The molecule has 17 heavy (non-hydrogen) atoms. The van der Waals surface area contributed by atoms with E-state index < -0.39 is 0 Å². The summed E-state index contributed by atoms with van der Waals surface area (Å²) in [6.45, 7) is 4.03. The van der Waals surface area contributed by atoms with E-state index in [9.17, 15) is 4.79 Å². The molecule has 2 aromatic rings. The molecule has 2 nitrogen and oxygen atoms in total. The van der Waals surface area contributed by atoms with Crippen LogP contribution in [0.3, 0.4) is 0 Å². The predicted molar refractivity (Wildman–Crippen MR) is 68.2 cm³/mol. The minimum atomic E-state index is 0.0400. The lowest BCUT2D eigenvalue weighted by molar-refractivity contribution is 0.103. The molecule has 0 unspecified atom stereocenters. The van der Waals surface area contributed by atoms with Gasteiger partial charge in [0.2, 0.25) is 0 Å². The molecule has 2 rings (SSSR count). The van der Waals surface area contributed by atoms with Crippen LogP contribution >= 0.6 is 0 Å². The van der Waals surface area contributed by atoms with E-state index in [1.54, 1.807) is 12.4 Å². The first kappa shape index (κ1) is 11.5. The van der Waals surface area contributed by atoms with Gasteiger partial charge in [-0.15, -0.1) is 0 Å². The fraction of sp³-hybridized carbons (Fsp3) is 0.200. The van der Waals surface area contributed by atoms with Gasteiger partial charge in [0.15, 0.2) is 5.78 Å². The third kappa shape index (κ3) is 2.41. The summed E-state index contributed by atoms with van der Waals surface area (Å²) >= 11 is 0. The van der Waals surface area contributed by atoms with Crippen molar-refractivity contribution in [2.75, 3.05) is 0 Å². The molecular weight excluding hydrogens is 210 g/mol. The predicted octanol–water partition coefficient (Wildman–Crippen LogP) is 3.18. The van der Waals surface area contributed by atoms with Crippen LogP contribution in [0.25, 0.3) is 0 Å². The van der Waals surface area contributed by atoms with Gasteiger partial charge in [-0.25, -0.2) is 0 Å². The van der Waals surface area contributed by atoms with Crippen LogP contribution in [-0.4, -0.2) is 10.8 Å². The Morgan fingerprint density at radius 2 is 1.88 bits per heavy atom. The Morgan fingerprint density at radius 3 is 2.47 bits per heavy atom. The van der Waals surface area contributed by atoms with Gasteiger partial charge in [-0.2, -0.15) is 0 Å². The summed E-state index contributed by atoms with van der Waals surface area (Å²) in [6.07, 6.45) is 4.32. The maximum Gasteiger partial charge on any atom is 0.194 e. The Morgan fingerprint density at radius 1 is 1.18 bits per heavy atom. The van der Waals surface area contributed by atoms with Gasteiger partial charge in [0.05, 0.1) is 0 Å². The maximum atomic E-state index is 12.2. The molecule has 0 aliphatic heterocycles. The lowest BCUT2D eigenvalue weighted by Gasteiger charge is -2.04. The smallest absolute Gasteiger partial charge is 0.194 e. The number of benzene rings is 1. The normalized spacial score (nSPS) is 10.2. The van der Waals surface area contributed by atoms with Crippen LogP contribution < -0.4 is 0 Å². The molecule has 0 spiro atoms. The van der Waals surface area contributed by atoms with E-state index in [1.807, 2.05) is 37.3 Å². The topological polar surface area (TPSA) is 30.0 Å². The number of carbonyl (C=O) groups is 1. The van der Waals surface area contributed by atoms with Crippen molar-refractivity contribution >= 4 is 5.78 Å². The molecule has 1 heterocycles. The molecular formula is C15H15NO. The van der Waals surface area contributed by atoms with Gasteiger partial charge < -0.3 is 0 Å². The monoisotopic (exact) mass is 225 g/mol. The van der Waals surface area contributed by atoms with Crippen LogP contribution in [-0.2, 0) is 6.42 Å². The van der Waals surface area contributed by atoms with Crippen molar-refractivity contribution in [3.05, 3.63) is 65.0 Å². The van der Waals surface area contributed by atoms with Crippen molar-refractivity contribution in [3.63, 3.8) is 0 Å². The van der Waals surface area contributed by atoms with Crippen LogP contribution in [0.2, 0.25) is 0 Å². The summed E-state index contributed by atoms with van der Waals surface area (Å²) in [5.41, 5.74) is 3.60. The molecule has 0 aliphatic carbocycles. The molecule has 0 saturated heterocycles. The van der Waals surface area contributed by atoms with Crippen LogP contribution in [0.5, 0.6) is 0 Å². The second-order valence-corrected chi connectivity index (χ2v) is 4.07. The zero-order chi connectivity index (χ0) is 12.3. The molecule has 0 fully saturated rings. The number of ketones is 1. The van der Waals surface area contributed by atoms with Crippen molar-refractivity contribution in [3.8, 4) is 0 Å². The zero-order valence-corrected chi connectivity index (χ0v) is 10.1. The average Bonchev–Trinajstić information content (AvgIpc) is 2.39. The Labute approximate surface area is 101 Å². The van der Waals surface area contributed by atoms with E-state index in [1.165, 1.54) is 5.56 Å². The number of aromatic nitrogens is 1. The third-order valence-electron chi connectivity index (χ3n) is 2.91. The summed E-state index contributed by atoms with van der Waals surface area (Å²) in [7, 11) is 0. The van der Waals surface area contributed by atoms with Gasteiger partial charge in [-0.05, 0) is 30.5 Å². The Hall–Kier alpha value is -1.96. The second-order valence-electron chi connectivity index (χ2n) is 4.07. The fourth-order valence-electron chi connectivity index (χ4n) is 1.75. The highest BCUT2D eigenvalue weighted by Gasteiger charge is 2.11. The number of hydrogen-bond acceptors (Lipinski definition) is 2. The van der Waals surface area contributed by atoms with Crippen molar-refractivity contribution in [2.45, 2.75) is 20.3 Å². The summed E-state index contributed by atoms with van der Waals surface area (Å²) < 4.78 is 0. The molecule has 1 aromatic heterocycles. The highest BCUT2D eigenvalue weighted by Crippen LogP contribution is 2.13. The molecule has 0 N–H and O–H groups in total. The Kier molecular flexibility index (Phi) is 3.33. The van der Waals surface area contributed by atoms with Crippen LogP contribution in [0.15, 0.2) is 42.7 Å². The van der Waals surface area contributed by atoms with Gasteiger partial charge in [-0.3, -0.25) is 9.78 Å². The van der Waals surface area contributed by atoms with Crippen LogP contribution in [0.4, 0.5) is 0 Å². The van der Waals surface area contributed by atoms with Crippen molar-refractivity contribution < 1.29 is 4.79 Å². The minimum absolute atomic E-state index is 0.0400. The van der Waals surface area contributed by atoms with Crippen LogP contribution in [0, 0.1) is 6.92 Å². The molecule has 0 saturated carbocycles. The van der Waals surface area contributed by atoms with E-state index in [0.717, 1.165) is 17.5 Å². The summed E-state index contributed by atoms with van der Waals surface area (Å²) in [5.74, 6) is 0.0400. The number of pyridine rings is 1. The van der Waals surface area contributed by atoms with E-state index in [-0.39, 0.29) is 5.78 Å². The average molecular weight is 225 g/mol. The first-order chi connectivity index (χ1) is 8.22. The summed E-state index contributed by atoms with van der Waals surface area (Å²) in [4.78, 5) is 16.2. The second kappa shape index (κ2) is 4.91. The van der Waals surface area contributed by atoms with Crippen molar-refractivity contribution in [2.24, 2.45) is 0 Å². The largest absolute Gasteiger partial charge is 0.289 e. The van der Waals surface area contributed by atoms with Gasteiger partial charge in [0, 0.05) is 23.5 Å². The SMILES string of the molecule is CCc1ccc(C(=O)c2cnccc2C)cc1. The first-order valence-corrected chi connectivity index (χ1v) is 5.76. The molecule has 0 amide bonds. The third-order valence-corrected chi connectivity index (χ3v) is 2.91. The lowest BCUT2D eigenvalue weighted by atomic mass is 10.00. The minimum Gasteiger partial charge on any atom is -0.289 e. The highest BCUT2D eigenvalue weighted by atomic mass is 16.1. The molecule has 2 heteroatoms. The molecule has 0 bridgehead atoms. The molecule has 0 radical (unpaired) electrons. The Balaban J connectivity index is 2.34. The standard InChI is InChI=1S/C15H15NO/c1-3-12-4-6-13(7-5-12)15(17)14-10-16-9-8-11(14)2/h4-10H,3H2,1-2H3. The molecule has 0 atom stereocenters. The number of rotatable bonds is 3. The number of hydrogen-bond donors (Lipinski definition) is 0. The molecule has 86 valence electrons. The van der Waals surface area contributed by atoms with Crippen molar-refractivity contribution in [1.82, 2.24) is 4.98 Å². The summed E-state index contributed by atoms with van der Waals surface area (Å²) in [5, 5.41) is 0. The number of carbonyl (C=O) groups excluding carboxylic acids is 1. The van der Waals surface area contributed by atoms with E-state index in [0.29, 0.717) is 5.56 Å². The number of nitrogens with zero attached hydrogens (tertiary/aromatic N) is 1. The molecule has 0 aliphatic rings. The lowest BCUT2D eigenvalue weighted by Crippen LogP contribution is -2.04. The maximum absolute atomic E-state index is 12.2. The van der Waals surface area contributed by atoms with Gasteiger partial charge in [0.1, 0.15) is 0 Å². The van der Waals surface area contributed by atoms with E-state index in [2.05, 4.69) is 11.9 Å².